The van der Waals surface area contributed by atoms with Crippen LogP contribution in [-0.2, 0) is 13.1 Å². The van der Waals surface area contributed by atoms with Gasteiger partial charge in [-0.3, -0.25) is 9.89 Å². The maximum atomic E-state index is 13.7. The van der Waals surface area contributed by atoms with Crippen LogP contribution in [0.2, 0.25) is 0 Å². The lowest BCUT2D eigenvalue weighted by Crippen LogP contribution is -2.44. The smallest absolute Gasteiger partial charge is 0.191 e. The molecule has 134 valence electrons. The Morgan fingerprint density at radius 1 is 1.08 bits per heavy atom. The monoisotopic (exact) mass is 342 g/mol. The fourth-order valence-electron chi connectivity index (χ4n) is 2.47. The second-order valence-electron chi connectivity index (χ2n) is 6.15. The summed E-state index contributed by atoms with van der Waals surface area (Å²) in [5.41, 5.74) is 1.92. The molecule has 5 heteroatoms. The van der Waals surface area contributed by atoms with E-state index in [0.29, 0.717) is 24.1 Å². The van der Waals surface area contributed by atoms with Crippen molar-refractivity contribution in [3.05, 3.63) is 71.5 Å². The Labute approximate surface area is 149 Å². The summed E-state index contributed by atoms with van der Waals surface area (Å²) in [6.45, 7) is 4.21. The van der Waals surface area contributed by atoms with E-state index >= 15 is 0 Å². The van der Waals surface area contributed by atoms with Crippen molar-refractivity contribution in [1.29, 1.82) is 0 Å². The summed E-state index contributed by atoms with van der Waals surface area (Å²) in [5.74, 6) is 0.463. The third-order valence-electron chi connectivity index (χ3n) is 4.22. The topological polar surface area (TPSA) is 39.7 Å². The molecule has 0 fully saturated rings. The number of halogens is 1. The molecule has 0 heterocycles. The number of nitrogens with zero attached hydrogens (tertiary/aromatic N) is 2. The molecule has 0 saturated carbocycles. The Bertz CT molecular complexity index is 672. The minimum atomic E-state index is -0.207. The molecule has 1 atom stereocenters. The predicted molar refractivity (Wildman–Crippen MR) is 102 cm³/mol. The molecule has 2 aromatic carbocycles. The molecular weight excluding hydrogens is 315 g/mol. The zero-order valence-corrected chi connectivity index (χ0v) is 15.2. The Balaban J connectivity index is 1.78. The zero-order valence-electron chi connectivity index (χ0n) is 15.2. The number of rotatable bonds is 7. The molecule has 0 amide bonds. The van der Waals surface area contributed by atoms with E-state index in [2.05, 4.69) is 58.8 Å². The van der Waals surface area contributed by atoms with Crippen LogP contribution in [0.4, 0.5) is 4.39 Å². The standard InChI is InChI=1S/C20H27FN4/c1-16(25(3)15-17-9-5-4-6-10-17)13-23-20(22-2)24-14-18-11-7-8-12-19(18)21/h4-12,16H,13-15H2,1-3H3,(H2,22,23,24). The summed E-state index contributed by atoms with van der Waals surface area (Å²) < 4.78 is 13.7. The van der Waals surface area contributed by atoms with Crippen LogP contribution >= 0.6 is 0 Å². The molecule has 4 nitrogen and oxygen atoms in total. The lowest BCUT2D eigenvalue weighted by atomic mass is 10.2. The van der Waals surface area contributed by atoms with Crippen molar-refractivity contribution >= 4 is 5.96 Å². The first kappa shape index (κ1) is 18.9. The van der Waals surface area contributed by atoms with Gasteiger partial charge in [-0.2, -0.15) is 0 Å². The van der Waals surface area contributed by atoms with Gasteiger partial charge in [-0.15, -0.1) is 0 Å². The molecule has 2 aromatic rings. The van der Waals surface area contributed by atoms with Crippen molar-refractivity contribution in [1.82, 2.24) is 15.5 Å². The van der Waals surface area contributed by atoms with Crippen LogP contribution < -0.4 is 10.6 Å². The van der Waals surface area contributed by atoms with Gasteiger partial charge in [0.05, 0.1) is 0 Å². The van der Waals surface area contributed by atoms with Crippen LogP contribution in [0.5, 0.6) is 0 Å². The number of likely N-dealkylation sites (N-methyl/N-ethyl adjacent to an activating group) is 1. The van der Waals surface area contributed by atoms with Crippen LogP contribution in [0, 0.1) is 5.82 Å². The lowest BCUT2D eigenvalue weighted by Gasteiger charge is -2.25. The third-order valence-corrected chi connectivity index (χ3v) is 4.22. The molecule has 2 rings (SSSR count). The predicted octanol–water partition coefficient (Wildman–Crippen LogP) is 3.01. The van der Waals surface area contributed by atoms with Gasteiger partial charge in [0.2, 0.25) is 0 Å². The summed E-state index contributed by atoms with van der Waals surface area (Å²) in [4.78, 5) is 6.49. The summed E-state index contributed by atoms with van der Waals surface area (Å²) in [6.07, 6.45) is 0. The molecule has 0 aromatic heterocycles. The van der Waals surface area contributed by atoms with Crippen molar-refractivity contribution in [3.8, 4) is 0 Å². The van der Waals surface area contributed by atoms with Crippen LogP contribution in [0.1, 0.15) is 18.1 Å². The van der Waals surface area contributed by atoms with Crippen LogP contribution in [0.15, 0.2) is 59.6 Å². The minimum absolute atomic E-state index is 0.207. The van der Waals surface area contributed by atoms with Crippen molar-refractivity contribution in [2.45, 2.75) is 26.1 Å². The first-order valence-corrected chi connectivity index (χ1v) is 8.52. The van der Waals surface area contributed by atoms with Crippen molar-refractivity contribution in [2.24, 2.45) is 4.99 Å². The second kappa shape index (κ2) is 9.79. The maximum absolute atomic E-state index is 13.7. The zero-order chi connectivity index (χ0) is 18.1. The molecule has 0 aliphatic carbocycles. The second-order valence-corrected chi connectivity index (χ2v) is 6.15. The Kier molecular flexibility index (Phi) is 7.41. The van der Waals surface area contributed by atoms with Crippen LogP contribution in [0.3, 0.4) is 0 Å². The molecule has 0 radical (unpaired) electrons. The molecule has 0 bridgehead atoms. The van der Waals surface area contributed by atoms with Gasteiger partial charge >= 0.3 is 0 Å². The van der Waals surface area contributed by atoms with Gasteiger partial charge in [-0.1, -0.05) is 48.5 Å². The summed E-state index contributed by atoms with van der Waals surface area (Å²) in [5, 5.41) is 6.45. The normalized spacial score (nSPS) is 12.9. The number of nitrogens with one attached hydrogen (secondary N) is 2. The Morgan fingerprint density at radius 3 is 2.44 bits per heavy atom. The minimum Gasteiger partial charge on any atom is -0.355 e. The van der Waals surface area contributed by atoms with Crippen LogP contribution in [-0.4, -0.2) is 37.5 Å². The van der Waals surface area contributed by atoms with E-state index in [-0.39, 0.29) is 5.82 Å². The van der Waals surface area contributed by atoms with E-state index in [4.69, 9.17) is 0 Å². The van der Waals surface area contributed by atoms with E-state index in [0.717, 1.165) is 13.1 Å². The average molecular weight is 342 g/mol. The van der Waals surface area contributed by atoms with Gasteiger partial charge in [0, 0.05) is 38.3 Å². The number of benzene rings is 2. The van der Waals surface area contributed by atoms with Crippen molar-refractivity contribution in [3.63, 3.8) is 0 Å². The first-order valence-electron chi connectivity index (χ1n) is 8.52. The van der Waals surface area contributed by atoms with Crippen molar-refractivity contribution in [2.75, 3.05) is 20.6 Å². The molecule has 0 spiro atoms. The average Bonchev–Trinajstić information content (AvgIpc) is 2.63. The van der Waals surface area contributed by atoms with E-state index in [9.17, 15) is 4.39 Å². The van der Waals surface area contributed by atoms with E-state index in [1.54, 1.807) is 19.2 Å². The largest absolute Gasteiger partial charge is 0.355 e. The number of hydrogen-bond acceptors (Lipinski definition) is 2. The summed E-state index contributed by atoms with van der Waals surface area (Å²) >= 11 is 0. The molecule has 0 aliphatic heterocycles. The number of guanidine groups is 1. The van der Waals surface area contributed by atoms with Crippen molar-refractivity contribution < 1.29 is 4.39 Å². The Hall–Kier alpha value is -2.40. The van der Waals surface area contributed by atoms with E-state index in [1.807, 2.05) is 12.1 Å². The molecule has 25 heavy (non-hydrogen) atoms. The SMILES string of the molecule is CN=C(NCc1ccccc1F)NCC(C)N(C)Cc1ccccc1. The third kappa shape index (κ3) is 6.19. The summed E-state index contributed by atoms with van der Waals surface area (Å²) in [6, 6.07) is 17.5. The van der Waals surface area contributed by atoms with Gasteiger partial charge in [0.25, 0.3) is 0 Å². The molecule has 2 N–H and O–H groups in total. The fourth-order valence-corrected chi connectivity index (χ4v) is 2.47. The van der Waals surface area contributed by atoms with Gasteiger partial charge < -0.3 is 10.6 Å². The molecular formula is C20H27FN4. The highest BCUT2D eigenvalue weighted by Crippen LogP contribution is 2.06. The van der Waals surface area contributed by atoms with E-state index < -0.39 is 0 Å². The quantitative estimate of drug-likeness (QED) is 0.600. The van der Waals surface area contributed by atoms with Gasteiger partial charge in [0.15, 0.2) is 5.96 Å². The molecule has 0 aliphatic rings. The number of aliphatic imine (C=N–C) groups is 1. The Morgan fingerprint density at radius 2 is 1.76 bits per heavy atom. The highest BCUT2D eigenvalue weighted by Gasteiger charge is 2.10. The fraction of sp³-hybridized carbons (Fsp3) is 0.350. The number of hydrogen-bond donors (Lipinski definition) is 2. The maximum Gasteiger partial charge on any atom is 0.191 e. The van der Waals surface area contributed by atoms with Gasteiger partial charge in [0.1, 0.15) is 5.82 Å². The van der Waals surface area contributed by atoms with E-state index in [1.165, 1.54) is 11.6 Å². The highest BCUT2D eigenvalue weighted by molar-refractivity contribution is 5.79. The van der Waals surface area contributed by atoms with Crippen LogP contribution in [0.25, 0.3) is 0 Å². The molecule has 1 unspecified atom stereocenters. The lowest BCUT2D eigenvalue weighted by molar-refractivity contribution is 0.249. The summed E-state index contributed by atoms with van der Waals surface area (Å²) in [7, 11) is 3.82. The van der Waals surface area contributed by atoms with Gasteiger partial charge in [-0.25, -0.2) is 4.39 Å². The highest BCUT2D eigenvalue weighted by atomic mass is 19.1. The van der Waals surface area contributed by atoms with Gasteiger partial charge in [-0.05, 0) is 25.6 Å². The first-order chi connectivity index (χ1) is 12.1. The molecule has 0 saturated heterocycles.